The number of carbonyl (C=O) groups is 2. The molecule has 0 saturated carbocycles. The second-order valence-corrected chi connectivity index (χ2v) is 6.98. The number of hydrogen-bond donors (Lipinski definition) is 1. The summed E-state index contributed by atoms with van der Waals surface area (Å²) in [5.41, 5.74) is 1.57. The summed E-state index contributed by atoms with van der Waals surface area (Å²) in [6, 6.07) is 12.0. The Morgan fingerprint density at radius 3 is 2.19 bits per heavy atom. The van der Waals surface area contributed by atoms with E-state index in [4.69, 9.17) is 28.3 Å². The fourth-order valence-electron chi connectivity index (χ4n) is 3.03. The summed E-state index contributed by atoms with van der Waals surface area (Å²) < 4.78 is 0. The van der Waals surface area contributed by atoms with E-state index >= 15 is 0 Å². The lowest BCUT2D eigenvalue weighted by molar-refractivity contribution is 0.0626. The molecule has 1 aliphatic rings. The van der Waals surface area contributed by atoms with Crippen LogP contribution in [0.15, 0.2) is 42.5 Å². The second-order valence-electron chi connectivity index (χ2n) is 6.17. The van der Waals surface area contributed by atoms with Crippen molar-refractivity contribution in [2.24, 2.45) is 0 Å². The van der Waals surface area contributed by atoms with E-state index in [0.29, 0.717) is 48.3 Å². The maximum absolute atomic E-state index is 12.7. The number of halogens is 2. The van der Waals surface area contributed by atoms with Crippen LogP contribution in [0.1, 0.15) is 26.3 Å². The summed E-state index contributed by atoms with van der Waals surface area (Å²) in [7, 11) is 0. The van der Waals surface area contributed by atoms with Gasteiger partial charge in [0.2, 0.25) is 0 Å². The average molecular weight is 393 g/mol. The molecule has 5 nitrogen and oxygen atoms in total. The molecule has 26 heavy (non-hydrogen) atoms. The summed E-state index contributed by atoms with van der Waals surface area (Å²) >= 11 is 12.3. The van der Waals surface area contributed by atoms with E-state index < -0.39 is 5.97 Å². The summed E-state index contributed by atoms with van der Waals surface area (Å²) in [6.07, 6.45) is 0. The molecule has 1 aliphatic heterocycles. The summed E-state index contributed by atoms with van der Waals surface area (Å²) in [6.45, 7) is 3.18. The largest absolute Gasteiger partial charge is 0.478 e. The molecule has 0 unspecified atom stereocenters. The lowest BCUT2D eigenvalue weighted by Crippen LogP contribution is -2.48. The molecule has 2 aromatic rings. The summed E-state index contributed by atoms with van der Waals surface area (Å²) in [5, 5.41) is 9.80. The van der Waals surface area contributed by atoms with Gasteiger partial charge < -0.3 is 10.0 Å². The Bertz CT molecular complexity index is 813. The van der Waals surface area contributed by atoms with Crippen molar-refractivity contribution in [2.75, 3.05) is 26.2 Å². The number of piperazine rings is 1. The van der Waals surface area contributed by atoms with E-state index in [1.165, 1.54) is 0 Å². The molecule has 1 amide bonds. The van der Waals surface area contributed by atoms with Gasteiger partial charge in [-0.1, -0.05) is 41.4 Å². The molecule has 2 aromatic carbocycles. The molecular weight excluding hydrogens is 375 g/mol. The predicted octanol–water partition coefficient (Wildman–Crippen LogP) is 3.65. The number of amides is 1. The van der Waals surface area contributed by atoms with E-state index in [9.17, 15) is 9.59 Å². The molecule has 7 heteroatoms. The van der Waals surface area contributed by atoms with Gasteiger partial charge in [0.05, 0.1) is 21.2 Å². The minimum atomic E-state index is -0.932. The fraction of sp³-hybridized carbons (Fsp3) is 0.263. The molecule has 136 valence electrons. The van der Waals surface area contributed by atoms with Gasteiger partial charge in [-0.3, -0.25) is 9.69 Å². The lowest BCUT2D eigenvalue weighted by atomic mass is 10.1. The van der Waals surface area contributed by atoms with Gasteiger partial charge in [0.1, 0.15) is 0 Å². The molecule has 0 aromatic heterocycles. The molecule has 1 N–H and O–H groups in total. The molecule has 0 bridgehead atoms. The first-order valence-electron chi connectivity index (χ1n) is 8.23. The number of carbonyl (C=O) groups excluding carboxylic acids is 1. The predicted molar refractivity (Wildman–Crippen MR) is 101 cm³/mol. The van der Waals surface area contributed by atoms with Gasteiger partial charge in [-0.15, -0.1) is 0 Å². The molecule has 0 radical (unpaired) electrons. The van der Waals surface area contributed by atoms with Crippen molar-refractivity contribution < 1.29 is 14.7 Å². The summed E-state index contributed by atoms with van der Waals surface area (Å²) in [4.78, 5) is 27.7. The average Bonchev–Trinajstić information content (AvgIpc) is 2.62. The molecule has 1 saturated heterocycles. The van der Waals surface area contributed by atoms with Gasteiger partial charge in [0, 0.05) is 32.7 Å². The summed E-state index contributed by atoms with van der Waals surface area (Å²) in [5.74, 6) is -1.09. The van der Waals surface area contributed by atoms with E-state index in [1.807, 2.05) is 6.07 Å². The number of carboxylic acids is 1. The van der Waals surface area contributed by atoms with Crippen molar-refractivity contribution in [3.05, 3.63) is 69.2 Å². The number of rotatable bonds is 4. The lowest BCUT2D eigenvalue weighted by Gasteiger charge is -2.35. The second kappa shape index (κ2) is 8.08. The first kappa shape index (κ1) is 18.7. The first-order chi connectivity index (χ1) is 12.5. The van der Waals surface area contributed by atoms with Crippen LogP contribution in [0.2, 0.25) is 10.0 Å². The van der Waals surface area contributed by atoms with E-state index in [0.717, 1.165) is 5.56 Å². The highest BCUT2D eigenvalue weighted by Gasteiger charge is 2.25. The Balaban J connectivity index is 1.62. The third kappa shape index (κ3) is 4.18. The Labute approximate surface area is 161 Å². The molecule has 0 aliphatic carbocycles. The third-order valence-electron chi connectivity index (χ3n) is 4.42. The van der Waals surface area contributed by atoms with Crippen molar-refractivity contribution >= 4 is 35.1 Å². The van der Waals surface area contributed by atoms with Gasteiger partial charge in [0.15, 0.2) is 0 Å². The van der Waals surface area contributed by atoms with Gasteiger partial charge >= 0.3 is 5.97 Å². The Hall–Kier alpha value is -2.08. The molecule has 3 rings (SSSR count). The molecular formula is C19H18Cl2N2O3. The molecule has 1 fully saturated rings. The Morgan fingerprint density at radius 1 is 0.962 bits per heavy atom. The highest BCUT2D eigenvalue weighted by Crippen LogP contribution is 2.26. The van der Waals surface area contributed by atoms with Crippen molar-refractivity contribution in [1.82, 2.24) is 9.80 Å². The van der Waals surface area contributed by atoms with Crippen LogP contribution in [0.3, 0.4) is 0 Å². The monoisotopic (exact) mass is 392 g/mol. The number of carboxylic acid groups (broad SMARTS) is 1. The smallest absolute Gasteiger partial charge is 0.335 e. The van der Waals surface area contributed by atoms with Crippen LogP contribution in [0.4, 0.5) is 0 Å². The number of hydrogen-bond acceptors (Lipinski definition) is 3. The fourth-order valence-corrected chi connectivity index (χ4v) is 3.59. The Kier molecular flexibility index (Phi) is 5.81. The number of benzene rings is 2. The van der Waals surface area contributed by atoms with Gasteiger partial charge in [0.25, 0.3) is 5.91 Å². The van der Waals surface area contributed by atoms with Crippen molar-refractivity contribution in [2.45, 2.75) is 6.54 Å². The number of nitrogens with zero attached hydrogens (tertiary/aromatic N) is 2. The normalized spacial score (nSPS) is 15.1. The number of aromatic carboxylic acids is 1. The highest BCUT2D eigenvalue weighted by molar-refractivity contribution is 6.39. The third-order valence-corrected chi connectivity index (χ3v) is 5.05. The van der Waals surface area contributed by atoms with Crippen LogP contribution < -0.4 is 0 Å². The van der Waals surface area contributed by atoms with Crippen LogP contribution >= 0.6 is 23.2 Å². The zero-order valence-electron chi connectivity index (χ0n) is 14.0. The van der Waals surface area contributed by atoms with E-state index in [2.05, 4.69) is 4.90 Å². The topological polar surface area (TPSA) is 60.9 Å². The van der Waals surface area contributed by atoms with Gasteiger partial charge in [-0.2, -0.15) is 0 Å². The highest BCUT2D eigenvalue weighted by atomic mass is 35.5. The molecule has 0 spiro atoms. The van der Waals surface area contributed by atoms with Crippen molar-refractivity contribution in [1.29, 1.82) is 0 Å². The van der Waals surface area contributed by atoms with Crippen LogP contribution in [-0.2, 0) is 6.54 Å². The van der Waals surface area contributed by atoms with Crippen LogP contribution in [-0.4, -0.2) is 53.0 Å². The quantitative estimate of drug-likeness (QED) is 0.862. The van der Waals surface area contributed by atoms with Crippen LogP contribution in [0, 0.1) is 0 Å². The molecule has 0 atom stereocenters. The van der Waals surface area contributed by atoms with Crippen LogP contribution in [0.25, 0.3) is 0 Å². The zero-order valence-corrected chi connectivity index (χ0v) is 15.5. The maximum Gasteiger partial charge on any atom is 0.335 e. The zero-order chi connectivity index (χ0) is 18.7. The Morgan fingerprint density at radius 2 is 1.58 bits per heavy atom. The minimum Gasteiger partial charge on any atom is -0.478 e. The maximum atomic E-state index is 12.7. The van der Waals surface area contributed by atoms with Gasteiger partial charge in [-0.05, 0) is 29.8 Å². The molecule has 1 heterocycles. The van der Waals surface area contributed by atoms with Gasteiger partial charge in [-0.25, -0.2) is 4.79 Å². The van der Waals surface area contributed by atoms with E-state index in [1.54, 1.807) is 41.3 Å². The van der Waals surface area contributed by atoms with E-state index in [-0.39, 0.29) is 11.5 Å². The van der Waals surface area contributed by atoms with Crippen molar-refractivity contribution in [3.63, 3.8) is 0 Å². The standard InChI is InChI=1S/C19H18Cl2N2O3/c20-15-5-2-6-16(21)17(15)18(24)23-9-7-22(8-10-23)12-13-3-1-4-14(11-13)19(25)26/h1-6,11H,7-10,12H2,(H,25,26). The minimum absolute atomic E-state index is 0.159. The van der Waals surface area contributed by atoms with Crippen LogP contribution in [0.5, 0.6) is 0 Å². The first-order valence-corrected chi connectivity index (χ1v) is 8.99. The van der Waals surface area contributed by atoms with Crippen molar-refractivity contribution in [3.8, 4) is 0 Å². The SMILES string of the molecule is O=C(O)c1cccc(CN2CCN(C(=O)c3c(Cl)cccc3Cl)CC2)c1.